The lowest BCUT2D eigenvalue weighted by Crippen LogP contribution is -2.25. The monoisotopic (exact) mass is 371 g/mol. The number of aliphatic carboxylic acids is 1. The van der Waals surface area contributed by atoms with E-state index in [2.05, 4.69) is 0 Å². The minimum absolute atomic E-state index is 0.114. The molecule has 0 fully saturated rings. The van der Waals surface area contributed by atoms with Gasteiger partial charge in [0.05, 0.1) is 17.0 Å². The van der Waals surface area contributed by atoms with E-state index in [9.17, 15) is 31.1 Å². The van der Waals surface area contributed by atoms with E-state index in [0.29, 0.717) is 18.2 Å². The van der Waals surface area contributed by atoms with Gasteiger partial charge in [-0.25, -0.2) is 0 Å². The fourth-order valence-electron chi connectivity index (χ4n) is 2.56. The molecule has 25 heavy (non-hydrogen) atoms. The third-order valence-electron chi connectivity index (χ3n) is 3.97. The molecular weight excluding hydrogens is 352 g/mol. The summed E-state index contributed by atoms with van der Waals surface area (Å²) in [5, 5.41) is 8.93. The van der Waals surface area contributed by atoms with Crippen LogP contribution in [0, 0.1) is 11.8 Å². The molecule has 3 N–H and O–H groups in total. The molecule has 3 nitrogen and oxygen atoms in total. The molecule has 0 spiro atoms. The Morgan fingerprint density at radius 1 is 1.16 bits per heavy atom. The van der Waals surface area contributed by atoms with Crippen LogP contribution in [0.1, 0.15) is 36.5 Å². The molecule has 0 radical (unpaired) electrons. The lowest BCUT2D eigenvalue weighted by atomic mass is 9.89. The molecule has 0 aromatic heterocycles. The van der Waals surface area contributed by atoms with Gasteiger partial charge in [-0.1, -0.05) is 6.92 Å². The zero-order valence-corrected chi connectivity index (χ0v) is 13.4. The maximum Gasteiger partial charge on any atom is 0.416 e. The minimum Gasteiger partial charge on any atom is -0.481 e. The van der Waals surface area contributed by atoms with Crippen LogP contribution in [-0.4, -0.2) is 17.6 Å². The van der Waals surface area contributed by atoms with E-state index >= 15 is 0 Å². The van der Waals surface area contributed by atoms with Crippen LogP contribution in [0.4, 0.5) is 26.3 Å². The second kappa shape index (κ2) is 8.07. The first-order valence-electron chi connectivity index (χ1n) is 7.56. The van der Waals surface area contributed by atoms with Crippen molar-refractivity contribution in [2.75, 3.05) is 6.54 Å². The van der Waals surface area contributed by atoms with Crippen LogP contribution < -0.4 is 5.73 Å². The molecule has 0 aliphatic rings. The van der Waals surface area contributed by atoms with Gasteiger partial charge in [0.15, 0.2) is 0 Å². The van der Waals surface area contributed by atoms with Gasteiger partial charge in [-0.05, 0) is 48.9 Å². The Morgan fingerprint density at radius 3 is 2.20 bits per heavy atom. The first-order chi connectivity index (χ1) is 11.4. The van der Waals surface area contributed by atoms with Gasteiger partial charge >= 0.3 is 18.3 Å². The predicted octanol–water partition coefficient (Wildman–Crippen LogP) is 4.34. The van der Waals surface area contributed by atoms with E-state index in [1.807, 2.05) is 0 Å². The van der Waals surface area contributed by atoms with Gasteiger partial charge in [0.1, 0.15) is 0 Å². The summed E-state index contributed by atoms with van der Waals surface area (Å²) < 4.78 is 77.2. The maximum atomic E-state index is 13.0. The number of alkyl halides is 6. The number of nitrogens with two attached hydrogens (primary N) is 1. The third-order valence-corrected chi connectivity index (χ3v) is 3.97. The van der Waals surface area contributed by atoms with Gasteiger partial charge < -0.3 is 10.8 Å². The second-order valence-corrected chi connectivity index (χ2v) is 6.02. The Labute approximate surface area is 140 Å². The molecule has 2 unspecified atom stereocenters. The predicted molar refractivity (Wildman–Crippen MR) is 78.7 cm³/mol. The fraction of sp³-hybridized carbons (Fsp3) is 0.562. The van der Waals surface area contributed by atoms with Crippen LogP contribution in [0.5, 0.6) is 0 Å². The lowest BCUT2D eigenvalue weighted by Gasteiger charge is -2.19. The average molecular weight is 371 g/mol. The second-order valence-electron chi connectivity index (χ2n) is 6.02. The van der Waals surface area contributed by atoms with E-state index < -0.39 is 40.9 Å². The molecule has 0 aliphatic heterocycles. The SMILES string of the molecule is CC(CCc1cc(C(F)(F)F)ccc1C(F)(F)F)CC(CN)C(=O)O. The van der Waals surface area contributed by atoms with Gasteiger partial charge in [0.2, 0.25) is 0 Å². The van der Waals surface area contributed by atoms with Crippen LogP contribution in [0.3, 0.4) is 0 Å². The molecular formula is C16H19F6NO2. The van der Waals surface area contributed by atoms with Crippen molar-refractivity contribution in [2.24, 2.45) is 17.6 Å². The molecule has 2 atom stereocenters. The van der Waals surface area contributed by atoms with Gasteiger partial charge in [-0.2, -0.15) is 26.3 Å². The molecule has 0 amide bonds. The van der Waals surface area contributed by atoms with Crippen molar-refractivity contribution >= 4 is 5.97 Å². The number of hydrogen-bond donors (Lipinski definition) is 2. The molecule has 0 bridgehead atoms. The highest BCUT2D eigenvalue weighted by molar-refractivity contribution is 5.70. The van der Waals surface area contributed by atoms with Crippen molar-refractivity contribution in [1.29, 1.82) is 0 Å². The number of hydrogen-bond acceptors (Lipinski definition) is 2. The van der Waals surface area contributed by atoms with Gasteiger partial charge in [-0.3, -0.25) is 4.79 Å². The van der Waals surface area contributed by atoms with E-state index in [1.54, 1.807) is 6.92 Å². The topological polar surface area (TPSA) is 63.3 Å². The quantitative estimate of drug-likeness (QED) is 0.701. The molecule has 1 rings (SSSR count). The summed E-state index contributed by atoms with van der Waals surface area (Å²) in [7, 11) is 0. The highest BCUT2D eigenvalue weighted by Gasteiger charge is 2.36. The lowest BCUT2D eigenvalue weighted by molar-refractivity contribution is -0.142. The smallest absolute Gasteiger partial charge is 0.416 e. The van der Waals surface area contributed by atoms with E-state index in [-0.39, 0.29) is 31.7 Å². The Morgan fingerprint density at radius 2 is 1.76 bits per heavy atom. The Bertz CT molecular complexity index is 597. The number of benzene rings is 1. The summed E-state index contributed by atoms with van der Waals surface area (Å²) in [6, 6.07) is 1.35. The molecule has 0 heterocycles. The fourth-order valence-corrected chi connectivity index (χ4v) is 2.56. The van der Waals surface area contributed by atoms with Crippen LogP contribution in [-0.2, 0) is 23.6 Å². The van der Waals surface area contributed by atoms with Crippen molar-refractivity contribution in [3.8, 4) is 0 Å². The molecule has 1 aromatic rings. The number of carboxylic acids is 1. The zero-order chi connectivity index (χ0) is 19.4. The molecule has 0 saturated heterocycles. The largest absolute Gasteiger partial charge is 0.481 e. The summed E-state index contributed by atoms with van der Waals surface area (Å²) >= 11 is 0. The Balaban J connectivity index is 2.96. The van der Waals surface area contributed by atoms with E-state index in [4.69, 9.17) is 10.8 Å². The average Bonchev–Trinajstić information content (AvgIpc) is 2.48. The highest BCUT2D eigenvalue weighted by Crippen LogP contribution is 2.37. The highest BCUT2D eigenvalue weighted by atomic mass is 19.4. The van der Waals surface area contributed by atoms with Gasteiger partial charge in [0.25, 0.3) is 0 Å². The van der Waals surface area contributed by atoms with Crippen LogP contribution in [0.15, 0.2) is 18.2 Å². The molecule has 142 valence electrons. The van der Waals surface area contributed by atoms with Crippen LogP contribution >= 0.6 is 0 Å². The summed E-state index contributed by atoms with van der Waals surface area (Å²) in [4.78, 5) is 10.9. The number of aryl methyl sites for hydroxylation is 1. The summed E-state index contributed by atoms with van der Waals surface area (Å²) in [5.41, 5.74) is 2.62. The Hall–Kier alpha value is -1.77. The molecule has 0 saturated carbocycles. The Kier molecular flexibility index (Phi) is 6.87. The standard InChI is InChI=1S/C16H19F6NO2/c1-9(6-11(8-23)14(24)25)2-3-10-7-12(15(17,18)19)4-5-13(10)16(20,21)22/h4-5,7,9,11H,2-3,6,8,23H2,1H3,(H,24,25). The molecule has 0 aliphatic carbocycles. The van der Waals surface area contributed by atoms with Gasteiger partial charge in [-0.15, -0.1) is 0 Å². The third kappa shape index (κ3) is 6.22. The summed E-state index contributed by atoms with van der Waals surface area (Å²) in [6.07, 6.45) is -9.47. The van der Waals surface area contributed by atoms with Crippen molar-refractivity contribution < 1.29 is 36.2 Å². The maximum absolute atomic E-state index is 13.0. The first kappa shape index (κ1) is 21.3. The molecule has 1 aromatic carbocycles. The van der Waals surface area contributed by atoms with Gasteiger partial charge in [0, 0.05) is 6.54 Å². The summed E-state index contributed by atoms with van der Waals surface area (Å²) in [5.74, 6) is -2.25. The summed E-state index contributed by atoms with van der Waals surface area (Å²) in [6.45, 7) is 1.52. The van der Waals surface area contributed by atoms with Crippen LogP contribution in [0.25, 0.3) is 0 Å². The number of carboxylic acid groups (broad SMARTS) is 1. The number of rotatable bonds is 7. The van der Waals surface area contributed by atoms with Crippen LogP contribution in [0.2, 0.25) is 0 Å². The van der Waals surface area contributed by atoms with E-state index in [0.717, 1.165) is 0 Å². The van der Waals surface area contributed by atoms with Crippen molar-refractivity contribution in [1.82, 2.24) is 0 Å². The number of halogens is 6. The molecule has 9 heteroatoms. The van der Waals surface area contributed by atoms with Crippen molar-refractivity contribution in [3.63, 3.8) is 0 Å². The normalized spacial score (nSPS) is 15.0. The van der Waals surface area contributed by atoms with Crippen molar-refractivity contribution in [3.05, 3.63) is 34.9 Å². The zero-order valence-electron chi connectivity index (χ0n) is 13.4. The van der Waals surface area contributed by atoms with E-state index in [1.165, 1.54) is 0 Å². The minimum atomic E-state index is -4.76. The number of carbonyl (C=O) groups is 1. The first-order valence-corrected chi connectivity index (χ1v) is 7.56. The van der Waals surface area contributed by atoms with Crippen molar-refractivity contribution in [2.45, 2.75) is 38.5 Å².